The standard InChI is InChI=1S/C26H33N3O3/c1-18(27)24(23(31)16-30)29-25(32)22-13-11-20(12-14-22)6-5-19-7-9-21(10-8-19)15-28-17-26(2,3)4/h7-14,18,24,28,30H,15-17,27H2,1-4H3,(H,29,32)/t18-,24+/m1/s1. The van der Waals surface area contributed by atoms with Gasteiger partial charge in [-0.3, -0.25) is 9.59 Å². The predicted octanol–water partition coefficient (Wildman–Crippen LogP) is 2.23. The fourth-order valence-electron chi connectivity index (χ4n) is 2.97. The van der Waals surface area contributed by atoms with E-state index in [0.29, 0.717) is 5.56 Å². The molecular weight excluding hydrogens is 402 g/mol. The van der Waals surface area contributed by atoms with Gasteiger partial charge in [0.15, 0.2) is 5.78 Å². The molecule has 0 saturated carbocycles. The highest BCUT2D eigenvalue weighted by Crippen LogP contribution is 2.11. The van der Waals surface area contributed by atoms with Gasteiger partial charge in [-0.15, -0.1) is 0 Å². The highest BCUT2D eigenvalue weighted by molar-refractivity contribution is 5.98. The zero-order valence-corrected chi connectivity index (χ0v) is 19.2. The van der Waals surface area contributed by atoms with E-state index in [2.05, 4.69) is 55.4 Å². The lowest BCUT2D eigenvalue weighted by atomic mass is 9.97. The number of Topliss-reactive ketones (excluding diaryl/α,β-unsaturated/α-hetero) is 1. The summed E-state index contributed by atoms with van der Waals surface area (Å²) >= 11 is 0. The van der Waals surface area contributed by atoms with Crippen molar-refractivity contribution in [3.8, 4) is 11.8 Å². The van der Waals surface area contributed by atoms with E-state index in [4.69, 9.17) is 10.8 Å². The molecule has 2 rings (SSSR count). The Morgan fingerprint density at radius 3 is 2.00 bits per heavy atom. The first-order chi connectivity index (χ1) is 15.1. The summed E-state index contributed by atoms with van der Waals surface area (Å²) in [4.78, 5) is 24.1. The number of hydrogen-bond acceptors (Lipinski definition) is 5. The molecule has 0 bridgehead atoms. The molecule has 5 N–H and O–H groups in total. The van der Waals surface area contributed by atoms with E-state index < -0.39 is 30.4 Å². The molecule has 0 aliphatic heterocycles. The molecular formula is C26H33N3O3. The molecule has 1 amide bonds. The molecule has 0 aliphatic carbocycles. The average molecular weight is 436 g/mol. The summed E-state index contributed by atoms with van der Waals surface area (Å²) in [5.41, 5.74) is 9.27. The van der Waals surface area contributed by atoms with Gasteiger partial charge in [-0.25, -0.2) is 0 Å². The van der Waals surface area contributed by atoms with Crippen LogP contribution in [0.15, 0.2) is 48.5 Å². The Hall–Kier alpha value is -2.98. The number of benzene rings is 2. The molecule has 0 radical (unpaired) electrons. The Kier molecular flexibility index (Phi) is 9.15. The minimum atomic E-state index is -0.932. The van der Waals surface area contributed by atoms with E-state index >= 15 is 0 Å². The molecule has 2 aromatic carbocycles. The summed E-state index contributed by atoms with van der Waals surface area (Å²) in [7, 11) is 0. The number of nitrogens with two attached hydrogens (primary N) is 1. The summed E-state index contributed by atoms with van der Waals surface area (Å²) in [6.45, 7) is 9.31. The Morgan fingerprint density at radius 1 is 1.00 bits per heavy atom. The average Bonchev–Trinajstić information content (AvgIpc) is 2.75. The smallest absolute Gasteiger partial charge is 0.251 e. The second-order valence-electron chi connectivity index (χ2n) is 9.12. The Balaban J connectivity index is 1.97. The third-order valence-corrected chi connectivity index (χ3v) is 4.75. The van der Waals surface area contributed by atoms with Gasteiger partial charge in [0.1, 0.15) is 12.6 Å². The quantitative estimate of drug-likeness (QED) is 0.476. The monoisotopic (exact) mass is 435 g/mol. The third kappa shape index (κ3) is 8.27. The minimum Gasteiger partial charge on any atom is -0.388 e. The van der Waals surface area contributed by atoms with Crippen molar-refractivity contribution in [2.24, 2.45) is 11.1 Å². The Morgan fingerprint density at radius 2 is 1.53 bits per heavy atom. The van der Waals surface area contributed by atoms with Crippen LogP contribution in [0.5, 0.6) is 0 Å². The van der Waals surface area contributed by atoms with Gasteiger partial charge in [0.25, 0.3) is 5.91 Å². The maximum absolute atomic E-state index is 12.4. The molecule has 0 spiro atoms. The van der Waals surface area contributed by atoms with Gasteiger partial charge >= 0.3 is 0 Å². The summed E-state index contributed by atoms with van der Waals surface area (Å²) in [6.07, 6.45) is 0. The molecule has 6 nitrogen and oxygen atoms in total. The number of carbonyl (C=O) groups excluding carboxylic acids is 2. The Labute approximate surface area is 190 Å². The summed E-state index contributed by atoms with van der Waals surface area (Å²) < 4.78 is 0. The van der Waals surface area contributed by atoms with Gasteiger partial charge in [-0.2, -0.15) is 0 Å². The van der Waals surface area contributed by atoms with Crippen LogP contribution < -0.4 is 16.4 Å². The van der Waals surface area contributed by atoms with Gasteiger partial charge in [0.05, 0.1) is 0 Å². The van der Waals surface area contributed by atoms with Gasteiger partial charge in [-0.1, -0.05) is 44.7 Å². The van der Waals surface area contributed by atoms with Crippen molar-refractivity contribution in [3.63, 3.8) is 0 Å². The normalized spacial score (nSPS) is 12.9. The van der Waals surface area contributed by atoms with Crippen molar-refractivity contribution in [2.75, 3.05) is 13.2 Å². The van der Waals surface area contributed by atoms with Gasteiger partial charge in [0, 0.05) is 35.8 Å². The van der Waals surface area contributed by atoms with Gasteiger partial charge in [0.2, 0.25) is 0 Å². The maximum Gasteiger partial charge on any atom is 0.251 e. The van der Waals surface area contributed by atoms with Gasteiger partial charge in [-0.05, 0) is 54.3 Å². The molecule has 2 aromatic rings. The molecule has 0 saturated heterocycles. The van der Waals surface area contributed by atoms with Crippen molar-refractivity contribution in [1.82, 2.24) is 10.6 Å². The number of nitrogens with one attached hydrogen (secondary N) is 2. The molecule has 2 atom stereocenters. The summed E-state index contributed by atoms with van der Waals surface area (Å²) in [5, 5.41) is 15.1. The van der Waals surface area contributed by atoms with Crippen LogP contribution in [-0.2, 0) is 11.3 Å². The first kappa shape index (κ1) is 25.3. The van der Waals surface area contributed by atoms with Crippen LogP contribution in [0.1, 0.15) is 54.7 Å². The van der Waals surface area contributed by atoms with E-state index in [0.717, 1.165) is 24.2 Å². The lowest BCUT2D eigenvalue weighted by Gasteiger charge is -2.20. The van der Waals surface area contributed by atoms with Crippen molar-refractivity contribution in [3.05, 3.63) is 70.8 Å². The second kappa shape index (κ2) is 11.6. The maximum atomic E-state index is 12.4. The van der Waals surface area contributed by atoms with Crippen LogP contribution in [0.4, 0.5) is 0 Å². The minimum absolute atomic E-state index is 0.253. The fourth-order valence-corrected chi connectivity index (χ4v) is 2.97. The number of rotatable bonds is 8. The third-order valence-electron chi connectivity index (χ3n) is 4.75. The number of amides is 1. The van der Waals surface area contributed by atoms with Crippen molar-refractivity contribution in [2.45, 2.75) is 46.3 Å². The topological polar surface area (TPSA) is 104 Å². The van der Waals surface area contributed by atoms with Crippen molar-refractivity contribution >= 4 is 11.7 Å². The number of aliphatic hydroxyl groups is 1. The fraction of sp³-hybridized carbons (Fsp3) is 0.385. The van der Waals surface area contributed by atoms with Crippen LogP contribution >= 0.6 is 0 Å². The zero-order valence-electron chi connectivity index (χ0n) is 19.2. The molecule has 0 aromatic heterocycles. The summed E-state index contributed by atoms with van der Waals surface area (Å²) in [6, 6.07) is 13.4. The summed E-state index contributed by atoms with van der Waals surface area (Å²) in [5.74, 6) is 5.27. The number of carbonyl (C=O) groups is 2. The van der Waals surface area contributed by atoms with Crippen molar-refractivity contribution < 1.29 is 14.7 Å². The lowest BCUT2D eigenvalue weighted by molar-refractivity contribution is -0.123. The molecule has 0 unspecified atom stereocenters. The lowest BCUT2D eigenvalue weighted by Crippen LogP contribution is -2.52. The Bertz CT molecular complexity index is 963. The van der Waals surface area contributed by atoms with Crippen LogP contribution in [-0.4, -0.2) is 42.0 Å². The number of hydrogen-bond donors (Lipinski definition) is 4. The number of ketones is 1. The van der Waals surface area contributed by atoms with E-state index in [-0.39, 0.29) is 5.41 Å². The van der Waals surface area contributed by atoms with Crippen LogP contribution in [0.3, 0.4) is 0 Å². The molecule has 32 heavy (non-hydrogen) atoms. The van der Waals surface area contributed by atoms with E-state index in [9.17, 15) is 9.59 Å². The molecule has 170 valence electrons. The van der Waals surface area contributed by atoms with E-state index in [1.54, 1.807) is 31.2 Å². The molecule has 0 aliphatic rings. The predicted molar refractivity (Wildman–Crippen MR) is 127 cm³/mol. The highest BCUT2D eigenvalue weighted by Gasteiger charge is 2.24. The molecule has 0 fully saturated rings. The first-order valence-electron chi connectivity index (χ1n) is 10.7. The van der Waals surface area contributed by atoms with Crippen molar-refractivity contribution in [1.29, 1.82) is 0 Å². The number of aliphatic hydroxyl groups excluding tert-OH is 1. The first-order valence-corrected chi connectivity index (χ1v) is 10.7. The molecule has 0 heterocycles. The van der Waals surface area contributed by atoms with E-state index in [1.165, 1.54) is 5.56 Å². The van der Waals surface area contributed by atoms with Gasteiger partial charge < -0.3 is 21.5 Å². The largest absolute Gasteiger partial charge is 0.388 e. The van der Waals surface area contributed by atoms with Crippen LogP contribution in [0, 0.1) is 17.3 Å². The SMILES string of the molecule is C[C@@H](N)[C@H](NC(=O)c1ccc(C#Cc2ccc(CNCC(C)(C)C)cc2)cc1)C(=O)CO. The highest BCUT2D eigenvalue weighted by atomic mass is 16.3. The van der Waals surface area contributed by atoms with E-state index in [1.807, 2.05) is 12.1 Å². The second-order valence-corrected chi connectivity index (χ2v) is 9.12. The zero-order chi connectivity index (χ0) is 23.7. The van der Waals surface area contributed by atoms with Crippen LogP contribution in [0.2, 0.25) is 0 Å². The molecule has 6 heteroatoms. The van der Waals surface area contributed by atoms with Crippen LogP contribution in [0.25, 0.3) is 0 Å².